The normalized spacial score (nSPS) is 15.1. The molecule has 0 aliphatic carbocycles. The Morgan fingerprint density at radius 2 is 1.20 bits per heavy atom. The first-order chi connectivity index (χ1) is 18.1. The van der Waals surface area contributed by atoms with Gasteiger partial charge < -0.3 is 24.8 Å². The van der Waals surface area contributed by atoms with Crippen molar-refractivity contribution in [3.63, 3.8) is 0 Å². The van der Waals surface area contributed by atoms with Crippen LogP contribution in [0.2, 0.25) is 0 Å². The monoisotopic (exact) mass is 618 g/mol. The zero-order valence-corrected chi connectivity index (χ0v) is 21.3. The number of nitrogens with one attached hydrogen (secondary N) is 2. The molecule has 19 heteroatoms. The third-order valence-electron chi connectivity index (χ3n) is 5.36. The van der Waals surface area contributed by atoms with E-state index in [2.05, 4.69) is 10.1 Å². The van der Waals surface area contributed by atoms with Crippen LogP contribution in [0.15, 0.2) is 0 Å². The SMILES string of the molecule is COCOC(CNC(=O)CCC(F)(F)C(F)(F)C(F)(F)C(F)(F)F)C(CNC(=O)CCCCCC(F)(F)F)OC. The Morgan fingerprint density at radius 1 is 0.675 bits per heavy atom. The van der Waals surface area contributed by atoms with E-state index >= 15 is 0 Å². The van der Waals surface area contributed by atoms with E-state index in [1.54, 1.807) is 0 Å². The minimum Gasteiger partial charge on any atom is -0.377 e. The van der Waals surface area contributed by atoms with Gasteiger partial charge in [-0.25, -0.2) is 0 Å². The molecule has 0 aliphatic heterocycles. The van der Waals surface area contributed by atoms with Crippen molar-refractivity contribution in [2.75, 3.05) is 34.1 Å². The van der Waals surface area contributed by atoms with E-state index in [1.165, 1.54) is 7.11 Å². The van der Waals surface area contributed by atoms with Crippen molar-refractivity contribution in [2.24, 2.45) is 0 Å². The molecule has 0 fully saturated rings. The van der Waals surface area contributed by atoms with Gasteiger partial charge in [0.1, 0.15) is 19.0 Å². The van der Waals surface area contributed by atoms with Crippen LogP contribution in [-0.2, 0) is 23.8 Å². The van der Waals surface area contributed by atoms with Gasteiger partial charge in [-0.15, -0.1) is 0 Å². The van der Waals surface area contributed by atoms with Crippen molar-refractivity contribution in [1.29, 1.82) is 0 Å². The predicted molar refractivity (Wildman–Crippen MR) is 113 cm³/mol. The number of hydrogen-bond acceptors (Lipinski definition) is 5. The average Bonchev–Trinajstić information content (AvgIpc) is 2.82. The third-order valence-corrected chi connectivity index (χ3v) is 5.36. The van der Waals surface area contributed by atoms with E-state index < -0.39 is 86.7 Å². The minimum atomic E-state index is -7.07. The maximum absolute atomic E-state index is 13.6. The first-order valence-corrected chi connectivity index (χ1v) is 11.6. The Morgan fingerprint density at radius 3 is 1.68 bits per heavy atom. The molecule has 0 bridgehead atoms. The lowest BCUT2D eigenvalue weighted by atomic mass is 9.99. The Kier molecular flexibility index (Phi) is 15.0. The maximum Gasteiger partial charge on any atom is 0.460 e. The molecule has 0 aliphatic rings. The van der Waals surface area contributed by atoms with Crippen LogP contribution in [0, 0.1) is 0 Å². The van der Waals surface area contributed by atoms with Gasteiger partial charge in [0.15, 0.2) is 0 Å². The summed E-state index contributed by atoms with van der Waals surface area (Å²) in [5.41, 5.74) is 0. The van der Waals surface area contributed by atoms with Crippen LogP contribution in [0.5, 0.6) is 0 Å². The molecule has 0 aromatic heterocycles. The van der Waals surface area contributed by atoms with Gasteiger partial charge in [0.2, 0.25) is 11.8 Å². The molecule has 2 amide bonds. The number of unbranched alkanes of at least 4 members (excludes halogenated alkanes) is 2. The average molecular weight is 618 g/mol. The highest BCUT2D eigenvalue weighted by Crippen LogP contribution is 2.54. The highest BCUT2D eigenvalue weighted by atomic mass is 19.4. The largest absolute Gasteiger partial charge is 0.460 e. The second kappa shape index (κ2) is 15.8. The molecule has 0 aromatic rings. The second-order valence-corrected chi connectivity index (χ2v) is 8.52. The fourth-order valence-corrected chi connectivity index (χ4v) is 3.05. The molecule has 0 heterocycles. The van der Waals surface area contributed by atoms with Gasteiger partial charge in [0.05, 0.1) is 0 Å². The molecule has 0 radical (unpaired) electrons. The van der Waals surface area contributed by atoms with Gasteiger partial charge in [-0.05, 0) is 12.8 Å². The molecule has 0 saturated heterocycles. The topological polar surface area (TPSA) is 85.9 Å². The van der Waals surface area contributed by atoms with E-state index in [4.69, 9.17) is 9.47 Å². The van der Waals surface area contributed by atoms with Crippen LogP contribution in [-0.4, -0.2) is 88.2 Å². The summed E-state index contributed by atoms with van der Waals surface area (Å²) < 4.78 is 168. The van der Waals surface area contributed by atoms with Crippen molar-refractivity contribution < 1.29 is 76.5 Å². The van der Waals surface area contributed by atoms with Crippen molar-refractivity contribution in [2.45, 2.75) is 87.3 Å². The number of rotatable bonds is 19. The summed E-state index contributed by atoms with van der Waals surface area (Å²) in [6.45, 7) is -1.29. The third kappa shape index (κ3) is 12.2. The lowest BCUT2D eigenvalue weighted by molar-refractivity contribution is -0.396. The first-order valence-electron chi connectivity index (χ1n) is 11.6. The van der Waals surface area contributed by atoms with Crippen LogP contribution < -0.4 is 10.6 Å². The number of ether oxygens (including phenoxy) is 3. The summed E-state index contributed by atoms with van der Waals surface area (Å²) in [5.74, 6) is -21.8. The zero-order valence-electron chi connectivity index (χ0n) is 21.3. The summed E-state index contributed by atoms with van der Waals surface area (Å²) in [7, 11) is 2.33. The van der Waals surface area contributed by atoms with Crippen LogP contribution in [0.25, 0.3) is 0 Å². The number of alkyl halides is 12. The molecule has 2 N–H and O–H groups in total. The minimum absolute atomic E-state index is 0.124. The molecular weight excluding hydrogens is 588 g/mol. The maximum atomic E-state index is 13.6. The van der Waals surface area contributed by atoms with Gasteiger partial charge in [-0.2, -0.15) is 52.7 Å². The van der Waals surface area contributed by atoms with E-state index in [9.17, 15) is 62.3 Å². The number of methoxy groups -OCH3 is 2. The highest BCUT2D eigenvalue weighted by Gasteiger charge is 2.81. The lowest BCUT2D eigenvalue weighted by Crippen LogP contribution is -2.61. The molecular formula is C21H30F12N2O5. The molecule has 2 unspecified atom stereocenters. The number of hydrogen-bond donors (Lipinski definition) is 2. The summed E-state index contributed by atoms with van der Waals surface area (Å²) >= 11 is 0. The summed E-state index contributed by atoms with van der Waals surface area (Å²) in [6, 6.07) is 0. The van der Waals surface area contributed by atoms with Crippen LogP contribution in [0.1, 0.15) is 44.9 Å². The van der Waals surface area contributed by atoms with Gasteiger partial charge in [0.25, 0.3) is 0 Å². The Labute approximate surface area is 221 Å². The summed E-state index contributed by atoms with van der Waals surface area (Å²) in [4.78, 5) is 23.8. The molecule has 0 spiro atoms. The molecule has 238 valence electrons. The molecule has 2 atom stereocenters. The lowest BCUT2D eigenvalue weighted by Gasteiger charge is -2.33. The smallest absolute Gasteiger partial charge is 0.377 e. The predicted octanol–water partition coefficient (Wildman–Crippen LogP) is 4.98. The standard InChI is InChI=1S/C21H30F12N2O5/c1-38-12-40-14(13(39-2)10-34-15(36)6-4-3-5-8-18(24,25)26)11-35-16(37)7-9-17(22,23)19(27,28)20(29,30)21(31,32)33/h13-14H,3-12H2,1-2H3,(H,34,36)(H,35,37). The zero-order chi connectivity index (χ0) is 31.4. The van der Waals surface area contributed by atoms with Crippen molar-refractivity contribution in [3.05, 3.63) is 0 Å². The Hall–Kier alpha value is -2.02. The molecule has 0 aromatic carbocycles. The number of halogens is 12. The summed E-state index contributed by atoms with van der Waals surface area (Å²) in [6.07, 6.45) is -18.5. The Bertz CT molecular complexity index is 778. The van der Waals surface area contributed by atoms with Crippen molar-refractivity contribution >= 4 is 11.8 Å². The molecule has 0 saturated carbocycles. The van der Waals surface area contributed by atoms with Gasteiger partial charge in [-0.1, -0.05) is 6.42 Å². The molecule has 40 heavy (non-hydrogen) atoms. The van der Waals surface area contributed by atoms with Gasteiger partial charge in [-0.3, -0.25) is 9.59 Å². The number of carbonyl (C=O) groups excluding carboxylic acids is 2. The quantitative estimate of drug-likeness (QED) is 0.121. The van der Waals surface area contributed by atoms with Crippen LogP contribution >= 0.6 is 0 Å². The van der Waals surface area contributed by atoms with Crippen molar-refractivity contribution in [1.82, 2.24) is 10.6 Å². The number of amides is 2. The fourth-order valence-electron chi connectivity index (χ4n) is 3.05. The van der Waals surface area contributed by atoms with Crippen LogP contribution in [0.4, 0.5) is 52.7 Å². The van der Waals surface area contributed by atoms with Gasteiger partial charge in [0, 0.05) is 53.0 Å². The highest BCUT2D eigenvalue weighted by molar-refractivity contribution is 5.76. The van der Waals surface area contributed by atoms with E-state index in [-0.39, 0.29) is 32.2 Å². The Balaban J connectivity index is 4.94. The van der Waals surface area contributed by atoms with Crippen molar-refractivity contribution in [3.8, 4) is 0 Å². The second-order valence-electron chi connectivity index (χ2n) is 8.52. The van der Waals surface area contributed by atoms with E-state index in [1.807, 2.05) is 5.32 Å². The molecule has 0 rings (SSSR count). The van der Waals surface area contributed by atoms with E-state index in [0.29, 0.717) is 0 Å². The van der Waals surface area contributed by atoms with Gasteiger partial charge >= 0.3 is 30.1 Å². The fraction of sp³-hybridized carbons (Fsp3) is 0.905. The molecule has 7 nitrogen and oxygen atoms in total. The van der Waals surface area contributed by atoms with E-state index in [0.717, 1.165) is 7.11 Å². The number of carbonyl (C=O) groups is 2. The first kappa shape index (κ1) is 38.0. The summed E-state index contributed by atoms with van der Waals surface area (Å²) in [5, 5.41) is 4.36. The van der Waals surface area contributed by atoms with Crippen LogP contribution in [0.3, 0.4) is 0 Å².